The van der Waals surface area contributed by atoms with Crippen LogP contribution in [-0.4, -0.2) is 36.3 Å². The molecule has 4 heterocycles. The van der Waals surface area contributed by atoms with Crippen molar-refractivity contribution in [3.05, 3.63) is 46.5 Å². The molecule has 1 saturated heterocycles. The monoisotopic (exact) mass is 344 g/mol. The molecule has 2 aliphatic heterocycles. The lowest BCUT2D eigenvalue weighted by molar-refractivity contribution is -0.897. The van der Waals surface area contributed by atoms with Crippen molar-refractivity contribution in [2.45, 2.75) is 31.7 Å². The number of carbonyl (C=O) groups excluding carboxylic acids is 1. The van der Waals surface area contributed by atoms with Crippen LogP contribution in [0.25, 0.3) is 0 Å². The summed E-state index contributed by atoms with van der Waals surface area (Å²) in [7, 11) is 0. The summed E-state index contributed by atoms with van der Waals surface area (Å²) in [6.07, 6.45) is 6.10. The number of likely N-dealkylation sites (tertiary alicyclic amines) is 1. The van der Waals surface area contributed by atoms with Crippen molar-refractivity contribution < 1.29 is 14.1 Å². The molecule has 1 atom stereocenters. The van der Waals surface area contributed by atoms with E-state index in [4.69, 9.17) is 4.42 Å². The predicted octanol–water partition coefficient (Wildman–Crippen LogP) is 2.09. The van der Waals surface area contributed by atoms with Crippen molar-refractivity contribution in [3.63, 3.8) is 0 Å². The first-order valence-corrected chi connectivity index (χ1v) is 9.49. The highest BCUT2D eigenvalue weighted by Crippen LogP contribution is 2.33. The van der Waals surface area contributed by atoms with E-state index >= 15 is 0 Å². The molecular formula is C18H22N3O2S+. The van der Waals surface area contributed by atoms with E-state index in [1.54, 1.807) is 22.6 Å². The molecule has 2 aromatic heterocycles. The van der Waals surface area contributed by atoms with Crippen molar-refractivity contribution in [2.75, 3.05) is 19.6 Å². The molecule has 1 fully saturated rings. The zero-order valence-electron chi connectivity index (χ0n) is 13.6. The summed E-state index contributed by atoms with van der Waals surface area (Å²) in [5.41, 5.74) is 0.980. The Morgan fingerprint density at radius 2 is 2.17 bits per heavy atom. The number of amides is 1. The number of furan rings is 1. The maximum Gasteiger partial charge on any atom is 0.298 e. The van der Waals surface area contributed by atoms with Crippen LogP contribution in [0.5, 0.6) is 0 Å². The first-order chi connectivity index (χ1) is 11.8. The first kappa shape index (κ1) is 15.6. The molecule has 4 rings (SSSR count). The number of quaternary nitrogens is 1. The number of carbonyl (C=O) groups is 1. The predicted molar refractivity (Wildman–Crippen MR) is 93.2 cm³/mol. The van der Waals surface area contributed by atoms with Crippen LogP contribution in [-0.2, 0) is 4.79 Å². The van der Waals surface area contributed by atoms with Crippen LogP contribution in [0.15, 0.2) is 45.4 Å². The second-order valence-electron chi connectivity index (χ2n) is 6.49. The van der Waals surface area contributed by atoms with Gasteiger partial charge in [0.15, 0.2) is 6.54 Å². The van der Waals surface area contributed by atoms with Crippen molar-refractivity contribution in [3.8, 4) is 0 Å². The zero-order chi connectivity index (χ0) is 16.4. The molecule has 2 aromatic rings. The zero-order valence-corrected chi connectivity index (χ0v) is 14.4. The van der Waals surface area contributed by atoms with Gasteiger partial charge < -0.3 is 9.32 Å². The van der Waals surface area contributed by atoms with Crippen LogP contribution in [0.4, 0.5) is 0 Å². The number of nitrogens with one attached hydrogen (secondary N) is 1. The Labute approximate surface area is 145 Å². The number of thiophene rings is 1. The van der Waals surface area contributed by atoms with Crippen LogP contribution >= 0.6 is 11.3 Å². The second-order valence-corrected chi connectivity index (χ2v) is 7.43. The van der Waals surface area contributed by atoms with E-state index in [0.717, 1.165) is 35.9 Å². The lowest BCUT2D eigenvalue weighted by Gasteiger charge is -2.26. The molecule has 0 bridgehead atoms. The summed E-state index contributed by atoms with van der Waals surface area (Å²) in [6, 6.07) is 7.77. The fraction of sp³-hybridized carbons (Fsp3) is 0.444. The minimum absolute atomic E-state index is 0.0971. The first-order valence-electron chi connectivity index (χ1n) is 8.61. The summed E-state index contributed by atoms with van der Waals surface area (Å²) in [5.74, 6) is 0.909. The molecular weight excluding hydrogens is 322 g/mol. The fourth-order valence-corrected chi connectivity index (χ4v) is 4.28. The maximum atomic E-state index is 12.9. The third-order valence-corrected chi connectivity index (χ3v) is 5.72. The number of hydrogen-bond acceptors (Lipinski definition) is 4. The highest BCUT2D eigenvalue weighted by atomic mass is 32.1. The average molecular weight is 344 g/mol. The van der Waals surface area contributed by atoms with Gasteiger partial charge in [-0.25, -0.2) is 5.01 Å². The highest BCUT2D eigenvalue weighted by molar-refractivity contribution is 7.12. The Balaban J connectivity index is 1.55. The molecule has 5 nitrogen and oxygen atoms in total. The number of hydrazone groups is 1. The van der Waals surface area contributed by atoms with Gasteiger partial charge >= 0.3 is 0 Å². The van der Waals surface area contributed by atoms with Gasteiger partial charge in [-0.15, -0.1) is 11.3 Å². The lowest BCUT2D eigenvalue weighted by atomic mass is 10.1. The third-order valence-electron chi connectivity index (χ3n) is 4.80. The van der Waals surface area contributed by atoms with E-state index in [-0.39, 0.29) is 11.9 Å². The summed E-state index contributed by atoms with van der Waals surface area (Å²) in [4.78, 5) is 15.4. The summed E-state index contributed by atoms with van der Waals surface area (Å²) in [5, 5.41) is 8.38. The van der Waals surface area contributed by atoms with Gasteiger partial charge in [0.05, 0.1) is 29.9 Å². The van der Waals surface area contributed by atoms with E-state index in [9.17, 15) is 4.79 Å². The second kappa shape index (κ2) is 6.91. The normalized spacial score (nSPS) is 21.9. The molecule has 1 N–H and O–H groups in total. The van der Waals surface area contributed by atoms with Gasteiger partial charge in [0, 0.05) is 6.42 Å². The van der Waals surface area contributed by atoms with Crippen LogP contribution in [0, 0.1) is 0 Å². The molecule has 0 unspecified atom stereocenters. The average Bonchev–Trinajstić information content (AvgIpc) is 3.35. The van der Waals surface area contributed by atoms with Gasteiger partial charge in [-0.05, 0) is 42.8 Å². The minimum atomic E-state index is -0.117. The summed E-state index contributed by atoms with van der Waals surface area (Å²) in [6.45, 7) is 2.71. The molecule has 2 aliphatic rings. The Kier molecular flexibility index (Phi) is 4.49. The number of hydrogen-bond donors (Lipinski definition) is 1. The Hall–Kier alpha value is -1.92. The van der Waals surface area contributed by atoms with Crippen LogP contribution in [0.2, 0.25) is 0 Å². The quantitative estimate of drug-likeness (QED) is 0.923. The van der Waals surface area contributed by atoms with Gasteiger partial charge in [0.2, 0.25) is 0 Å². The maximum absolute atomic E-state index is 12.9. The molecule has 6 heteroatoms. The molecule has 0 saturated carbocycles. The van der Waals surface area contributed by atoms with Gasteiger partial charge in [-0.3, -0.25) is 4.79 Å². The molecule has 0 aliphatic carbocycles. The molecule has 0 radical (unpaired) electrons. The Morgan fingerprint density at radius 3 is 2.88 bits per heavy atom. The SMILES string of the molecule is O=C(C[NH+]1CCCCC1)N1N=C(c2cccs2)C[C@@H]1c1ccco1. The number of rotatable bonds is 4. The molecule has 0 spiro atoms. The van der Waals surface area contributed by atoms with E-state index in [1.807, 2.05) is 23.6 Å². The van der Waals surface area contributed by atoms with Crippen LogP contribution < -0.4 is 4.90 Å². The molecule has 1 amide bonds. The van der Waals surface area contributed by atoms with Crippen molar-refractivity contribution in [1.29, 1.82) is 0 Å². The molecule has 0 aromatic carbocycles. The van der Waals surface area contributed by atoms with E-state index in [0.29, 0.717) is 6.54 Å². The van der Waals surface area contributed by atoms with E-state index in [2.05, 4.69) is 11.2 Å². The summed E-state index contributed by atoms with van der Waals surface area (Å²) < 4.78 is 5.58. The molecule has 126 valence electrons. The topological polar surface area (TPSA) is 50.2 Å². The standard InChI is InChI=1S/C18H21N3O2S/c22-18(13-20-8-2-1-3-9-20)21-15(16-6-4-10-23-16)12-14(19-21)17-7-5-11-24-17/h4-7,10-11,15H,1-3,8-9,12-13H2/p+1/t15-/m1/s1. The largest absolute Gasteiger partial charge is 0.467 e. The summed E-state index contributed by atoms with van der Waals surface area (Å²) >= 11 is 1.66. The number of piperidine rings is 1. The minimum Gasteiger partial charge on any atom is -0.467 e. The van der Waals surface area contributed by atoms with Gasteiger partial charge in [-0.1, -0.05) is 6.07 Å². The van der Waals surface area contributed by atoms with Gasteiger partial charge in [-0.2, -0.15) is 5.10 Å². The Morgan fingerprint density at radius 1 is 1.29 bits per heavy atom. The van der Waals surface area contributed by atoms with Gasteiger partial charge in [0.25, 0.3) is 5.91 Å². The molecule has 24 heavy (non-hydrogen) atoms. The Bertz CT molecular complexity index is 703. The number of nitrogens with zero attached hydrogens (tertiary/aromatic N) is 2. The highest BCUT2D eigenvalue weighted by Gasteiger charge is 2.36. The fourth-order valence-electron chi connectivity index (χ4n) is 3.56. The van der Waals surface area contributed by atoms with E-state index < -0.39 is 0 Å². The van der Waals surface area contributed by atoms with Crippen LogP contribution in [0.3, 0.4) is 0 Å². The van der Waals surface area contributed by atoms with Crippen molar-refractivity contribution in [2.24, 2.45) is 5.10 Å². The van der Waals surface area contributed by atoms with E-state index in [1.165, 1.54) is 24.2 Å². The lowest BCUT2D eigenvalue weighted by Crippen LogP contribution is -3.13. The van der Waals surface area contributed by atoms with Crippen LogP contribution in [0.1, 0.15) is 42.4 Å². The van der Waals surface area contributed by atoms with Crippen molar-refractivity contribution >= 4 is 23.0 Å². The van der Waals surface area contributed by atoms with Gasteiger partial charge in [0.1, 0.15) is 11.8 Å². The smallest absolute Gasteiger partial charge is 0.298 e. The van der Waals surface area contributed by atoms with Crippen molar-refractivity contribution in [1.82, 2.24) is 5.01 Å². The third kappa shape index (κ3) is 3.16.